The number of aromatic hydroxyl groups is 1. The van der Waals surface area contributed by atoms with Gasteiger partial charge in [-0.3, -0.25) is 4.57 Å². The molecule has 1 aromatic carbocycles. The molecule has 0 aromatic heterocycles. The molecule has 1 fully saturated rings. The molecule has 0 bridgehead atoms. The Labute approximate surface area is 133 Å². The predicted molar refractivity (Wildman–Crippen MR) is 88.8 cm³/mol. The number of hydrogen-bond acceptors (Lipinski definition) is 3. The van der Waals surface area contributed by atoms with E-state index in [0.29, 0.717) is 12.4 Å². The summed E-state index contributed by atoms with van der Waals surface area (Å²) in [6.45, 7) is 12.5. The molecule has 0 spiro atoms. The van der Waals surface area contributed by atoms with Crippen molar-refractivity contribution in [1.82, 2.24) is 0 Å². The number of epoxide rings is 1. The van der Waals surface area contributed by atoms with Crippen molar-refractivity contribution in [1.29, 1.82) is 0 Å². The van der Waals surface area contributed by atoms with Crippen LogP contribution in [0.3, 0.4) is 0 Å². The van der Waals surface area contributed by atoms with E-state index in [1.807, 2.05) is 53.7 Å². The summed E-state index contributed by atoms with van der Waals surface area (Å²) >= 11 is 0. The smallest absolute Gasteiger partial charge is 0.235 e. The Morgan fingerprint density at radius 1 is 1.14 bits per heavy atom. The molecule has 1 aromatic rings. The van der Waals surface area contributed by atoms with Crippen molar-refractivity contribution in [3.05, 3.63) is 28.8 Å². The van der Waals surface area contributed by atoms with E-state index in [4.69, 9.17) is 4.74 Å². The van der Waals surface area contributed by atoms with Crippen LogP contribution < -0.4 is 0 Å². The van der Waals surface area contributed by atoms with E-state index in [1.54, 1.807) is 0 Å². The Hall–Kier alpha value is -0.830. The second kappa shape index (κ2) is 5.36. The highest BCUT2D eigenvalue weighted by atomic mass is 31.2. The van der Waals surface area contributed by atoms with Crippen molar-refractivity contribution in [3.8, 4) is 5.75 Å². The fraction of sp³-hybridized carbons (Fsp3) is 0.647. The molecule has 2 N–H and O–H groups in total. The van der Waals surface area contributed by atoms with E-state index in [2.05, 4.69) is 0 Å². The molecule has 124 valence electrons. The van der Waals surface area contributed by atoms with Crippen LogP contribution in [0.15, 0.2) is 12.1 Å². The van der Waals surface area contributed by atoms with Crippen LogP contribution in [0, 0.1) is 0 Å². The zero-order valence-corrected chi connectivity index (χ0v) is 15.2. The van der Waals surface area contributed by atoms with E-state index < -0.39 is 13.2 Å². The Morgan fingerprint density at radius 2 is 1.55 bits per heavy atom. The third-order valence-electron chi connectivity index (χ3n) is 3.96. The van der Waals surface area contributed by atoms with Gasteiger partial charge in [0.2, 0.25) is 7.37 Å². The molecule has 5 heteroatoms. The zero-order valence-electron chi connectivity index (χ0n) is 14.3. The molecule has 0 aliphatic carbocycles. The molecular weight excluding hydrogens is 299 g/mol. The maximum Gasteiger partial charge on any atom is 0.235 e. The normalized spacial score (nSPS) is 21.5. The minimum atomic E-state index is -3.34. The van der Waals surface area contributed by atoms with E-state index in [-0.39, 0.29) is 17.0 Å². The highest BCUT2D eigenvalue weighted by Gasteiger charge is 2.42. The Bertz CT molecular complexity index is 584. The Kier molecular flexibility index (Phi) is 4.27. The van der Waals surface area contributed by atoms with Gasteiger partial charge in [-0.05, 0) is 27.5 Å². The third-order valence-corrected chi connectivity index (χ3v) is 5.98. The second-order valence-corrected chi connectivity index (χ2v) is 10.6. The summed E-state index contributed by atoms with van der Waals surface area (Å²) in [6, 6.07) is 3.71. The zero-order chi connectivity index (χ0) is 16.9. The summed E-state index contributed by atoms with van der Waals surface area (Å²) in [7, 11) is -3.34. The first-order chi connectivity index (χ1) is 9.82. The quantitative estimate of drug-likeness (QED) is 0.648. The summed E-state index contributed by atoms with van der Waals surface area (Å²) in [5, 5.41) is 10.6. The average Bonchev–Trinajstić information content (AvgIpc) is 3.11. The van der Waals surface area contributed by atoms with Gasteiger partial charge in [0.25, 0.3) is 0 Å². The number of phenols is 1. The van der Waals surface area contributed by atoms with Crippen molar-refractivity contribution in [2.24, 2.45) is 0 Å². The molecule has 1 heterocycles. The van der Waals surface area contributed by atoms with Crippen molar-refractivity contribution in [2.45, 2.75) is 64.4 Å². The summed E-state index contributed by atoms with van der Waals surface area (Å²) in [5.41, 5.74) is 1.93. The number of rotatable bonds is 3. The van der Waals surface area contributed by atoms with Crippen LogP contribution in [0.4, 0.5) is 0 Å². The Balaban J connectivity index is 2.53. The van der Waals surface area contributed by atoms with Crippen LogP contribution in [0.25, 0.3) is 0 Å². The van der Waals surface area contributed by atoms with Gasteiger partial charge in [-0.1, -0.05) is 53.7 Å². The minimum Gasteiger partial charge on any atom is -0.507 e. The van der Waals surface area contributed by atoms with Gasteiger partial charge in [-0.25, -0.2) is 0 Å². The monoisotopic (exact) mass is 326 g/mol. The molecule has 2 atom stereocenters. The minimum absolute atomic E-state index is 0.0874. The molecule has 2 rings (SSSR count). The third kappa shape index (κ3) is 3.73. The lowest BCUT2D eigenvalue weighted by molar-refractivity contribution is 0.408. The van der Waals surface area contributed by atoms with Gasteiger partial charge in [-0.15, -0.1) is 0 Å². The first kappa shape index (κ1) is 17.5. The fourth-order valence-corrected chi connectivity index (χ4v) is 4.03. The number of hydrogen-bond donors (Lipinski definition) is 2. The molecule has 2 unspecified atom stereocenters. The summed E-state index contributed by atoms with van der Waals surface area (Å²) in [4.78, 5) is 10.1. The molecule has 1 aliphatic heterocycles. The second-order valence-electron chi connectivity index (χ2n) is 8.24. The molecule has 4 nitrogen and oxygen atoms in total. The lowest BCUT2D eigenvalue weighted by Gasteiger charge is -2.28. The van der Waals surface area contributed by atoms with Gasteiger partial charge in [0.15, 0.2) is 5.85 Å². The van der Waals surface area contributed by atoms with Gasteiger partial charge < -0.3 is 14.7 Å². The van der Waals surface area contributed by atoms with Gasteiger partial charge in [0.05, 0.1) is 12.8 Å². The molecule has 0 radical (unpaired) electrons. The van der Waals surface area contributed by atoms with E-state index in [0.717, 1.165) is 16.7 Å². The van der Waals surface area contributed by atoms with E-state index in [9.17, 15) is 14.6 Å². The topological polar surface area (TPSA) is 70.1 Å². The Morgan fingerprint density at radius 3 is 1.86 bits per heavy atom. The number of phenolic OH excluding ortho intramolecular Hbond substituents is 1. The maximum atomic E-state index is 12.3. The van der Waals surface area contributed by atoms with E-state index in [1.165, 1.54) is 0 Å². The van der Waals surface area contributed by atoms with Crippen LogP contribution in [0.1, 0.15) is 58.2 Å². The summed E-state index contributed by atoms with van der Waals surface area (Å²) in [5.74, 6) is -0.225. The summed E-state index contributed by atoms with van der Waals surface area (Å²) < 4.78 is 17.3. The van der Waals surface area contributed by atoms with E-state index >= 15 is 0 Å². The van der Waals surface area contributed by atoms with Crippen LogP contribution in [-0.4, -0.2) is 22.5 Å². The molecule has 1 saturated heterocycles. The van der Waals surface area contributed by atoms with Gasteiger partial charge in [0.1, 0.15) is 5.75 Å². The number of ether oxygens (including phenoxy) is 1. The van der Waals surface area contributed by atoms with Crippen molar-refractivity contribution in [2.75, 3.05) is 6.61 Å². The van der Waals surface area contributed by atoms with Crippen LogP contribution in [0.2, 0.25) is 0 Å². The summed E-state index contributed by atoms with van der Waals surface area (Å²) in [6.07, 6.45) is 0.0874. The molecular formula is C17H27O4P. The maximum absolute atomic E-state index is 12.3. The van der Waals surface area contributed by atoms with Crippen LogP contribution >= 0.6 is 7.37 Å². The first-order valence-corrected chi connectivity index (χ1v) is 9.54. The number of benzene rings is 1. The molecule has 0 amide bonds. The first-order valence-electron chi connectivity index (χ1n) is 7.62. The molecule has 1 aliphatic rings. The van der Waals surface area contributed by atoms with Crippen molar-refractivity contribution in [3.63, 3.8) is 0 Å². The SMILES string of the molecule is CC(C)(C)c1cc(CP(=O)(O)C2CO2)cc(C(C)(C)C)c1O. The van der Waals surface area contributed by atoms with Gasteiger partial charge in [0, 0.05) is 0 Å². The largest absolute Gasteiger partial charge is 0.507 e. The van der Waals surface area contributed by atoms with Crippen LogP contribution in [-0.2, 0) is 26.3 Å². The standard InChI is InChI=1S/C17H27O4P/c1-16(2,3)12-7-11(10-22(19,20)14-9-21-14)8-13(15(12)18)17(4,5)6/h7-8,14,18H,9-10H2,1-6H3,(H,19,20). The predicted octanol–water partition coefficient (Wildman–Crippen LogP) is 4.11. The average molecular weight is 326 g/mol. The lowest BCUT2D eigenvalue weighted by Crippen LogP contribution is -2.18. The van der Waals surface area contributed by atoms with Crippen LogP contribution in [0.5, 0.6) is 5.75 Å². The molecule has 0 saturated carbocycles. The fourth-order valence-electron chi connectivity index (χ4n) is 2.57. The molecule has 22 heavy (non-hydrogen) atoms. The highest BCUT2D eigenvalue weighted by Crippen LogP contribution is 2.56. The lowest BCUT2D eigenvalue weighted by atomic mass is 9.78. The van der Waals surface area contributed by atoms with Crippen molar-refractivity contribution < 1.29 is 19.3 Å². The van der Waals surface area contributed by atoms with Gasteiger partial charge in [-0.2, -0.15) is 0 Å². The highest BCUT2D eigenvalue weighted by molar-refractivity contribution is 7.58. The van der Waals surface area contributed by atoms with Crippen molar-refractivity contribution >= 4 is 7.37 Å². The van der Waals surface area contributed by atoms with Gasteiger partial charge >= 0.3 is 0 Å².